The molecule has 1 N–H and O–H groups in total. The lowest BCUT2D eigenvalue weighted by molar-refractivity contribution is -0.883. The molecule has 0 unspecified atom stereocenters. The lowest BCUT2D eigenvalue weighted by atomic mass is 10.0. The zero-order valence-electron chi connectivity index (χ0n) is 33.7. The van der Waals surface area contributed by atoms with E-state index >= 15 is 0 Å². The molecule has 0 aromatic rings. The number of likely N-dealkylation sites (N-methyl/N-ethyl adjacent to an activating group) is 1. The molecule has 0 radical (unpaired) electrons. The number of amides is 1. The molecule has 0 saturated carbocycles. The van der Waals surface area contributed by atoms with Crippen LogP contribution in [0.1, 0.15) is 226 Å². The van der Waals surface area contributed by atoms with Crippen LogP contribution in [0.4, 0.5) is 0 Å². The minimum absolute atomic E-state index is 0. The van der Waals surface area contributed by atoms with E-state index in [1.54, 1.807) is 0 Å². The van der Waals surface area contributed by atoms with E-state index < -0.39 is 0 Å². The number of carbonyl (C=O) groups is 2. The second-order valence-corrected chi connectivity index (χ2v) is 15.7. The van der Waals surface area contributed by atoms with Crippen LogP contribution in [0.3, 0.4) is 0 Å². The van der Waals surface area contributed by atoms with Gasteiger partial charge in [0.2, 0.25) is 5.91 Å². The van der Waals surface area contributed by atoms with Gasteiger partial charge in [0.15, 0.2) is 6.54 Å². The highest BCUT2D eigenvalue weighted by molar-refractivity contribution is 5.75. The molecule has 0 atom stereocenters. The highest BCUT2D eigenvalue weighted by Crippen LogP contribution is 2.15. The van der Waals surface area contributed by atoms with Crippen LogP contribution in [0.5, 0.6) is 0 Å². The highest BCUT2D eigenvalue weighted by Gasteiger charge is 2.20. The molecule has 0 fully saturated rings. The third kappa shape index (κ3) is 41.5. The summed E-state index contributed by atoms with van der Waals surface area (Å²) in [6.45, 7) is 7.05. The van der Waals surface area contributed by atoms with Gasteiger partial charge < -0.3 is 26.9 Å². The lowest BCUT2D eigenvalue weighted by Gasteiger charge is -2.28. The first-order valence-corrected chi connectivity index (χ1v) is 21.7. The average molecular weight is 716 g/mol. The smallest absolute Gasteiger partial charge is 0.361 e. The van der Waals surface area contributed by atoms with Crippen molar-refractivity contribution in [3.05, 3.63) is 0 Å². The summed E-state index contributed by atoms with van der Waals surface area (Å²) >= 11 is 0. The summed E-state index contributed by atoms with van der Waals surface area (Å²) in [5.74, 6) is 0.0753. The summed E-state index contributed by atoms with van der Waals surface area (Å²) in [7, 11) is 4.15. The average Bonchev–Trinajstić information content (AvgIpc) is 3.06. The van der Waals surface area contributed by atoms with Gasteiger partial charge >= 0.3 is 5.97 Å². The molecular formula is C43H87ClN2O3. The van der Waals surface area contributed by atoms with Gasteiger partial charge in [-0.2, -0.15) is 0 Å². The molecule has 0 aromatic carbocycles. The Morgan fingerprint density at radius 1 is 0.469 bits per heavy atom. The Balaban J connectivity index is 0. The zero-order valence-corrected chi connectivity index (χ0v) is 34.5. The maximum absolute atomic E-state index is 12.4. The monoisotopic (exact) mass is 715 g/mol. The number of rotatable bonds is 39. The van der Waals surface area contributed by atoms with E-state index in [2.05, 4.69) is 33.3 Å². The van der Waals surface area contributed by atoms with Crippen LogP contribution in [0, 0.1) is 0 Å². The Morgan fingerprint density at radius 2 is 0.796 bits per heavy atom. The number of hydrogen-bond acceptors (Lipinski definition) is 3. The second-order valence-electron chi connectivity index (χ2n) is 15.7. The van der Waals surface area contributed by atoms with E-state index in [0.29, 0.717) is 30.6 Å². The van der Waals surface area contributed by atoms with Crippen LogP contribution < -0.4 is 17.7 Å². The van der Waals surface area contributed by atoms with Crippen molar-refractivity contribution in [2.75, 3.05) is 40.3 Å². The molecule has 0 saturated heterocycles. The SMILES string of the molecule is CCCCCCCCCCCCCCCCCCOC(=O)C[N+](C)(C)CCCNC(=O)CCCCCCCCCCCCCCCCC.[Cl-]. The summed E-state index contributed by atoms with van der Waals surface area (Å²) in [5, 5.41) is 3.08. The maximum atomic E-state index is 12.4. The van der Waals surface area contributed by atoms with Gasteiger partial charge in [-0.25, -0.2) is 4.79 Å². The summed E-state index contributed by atoms with van der Waals surface area (Å²) in [6, 6.07) is 0. The van der Waals surface area contributed by atoms with Gasteiger partial charge in [-0.05, 0) is 12.8 Å². The first-order valence-electron chi connectivity index (χ1n) is 21.7. The minimum atomic E-state index is -0.0989. The first kappa shape index (κ1) is 50.3. The fraction of sp³-hybridized carbons (Fsp3) is 0.953. The van der Waals surface area contributed by atoms with Crippen molar-refractivity contribution in [2.45, 2.75) is 226 Å². The predicted molar refractivity (Wildman–Crippen MR) is 210 cm³/mol. The molecular weight excluding hydrogens is 628 g/mol. The molecule has 1 amide bonds. The van der Waals surface area contributed by atoms with Crippen LogP contribution in [0.2, 0.25) is 0 Å². The van der Waals surface area contributed by atoms with Crippen molar-refractivity contribution < 1.29 is 31.2 Å². The zero-order chi connectivity index (χ0) is 35.2. The number of unbranched alkanes of at least 4 members (excludes halogenated alkanes) is 29. The van der Waals surface area contributed by atoms with Crippen molar-refractivity contribution >= 4 is 11.9 Å². The Hall–Kier alpha value is -0.810. The molecule has 6 heteroatoms. The molecule has 0 spiro atoms. The standard InChI is InChI=1S/C43H86N2O3.ClH/c1-5-7-9-11-13-15-17-19-21-23-25-27-29-31-33-35-40-48-43(47)41-45(3,4)39-36-38-44-42(46)37-34-32-30-28-26-24-22-20-18-16-14-12-10-8-6-2;/h5-41H2,1-4H3;1H. The molecule has 0 aliphatic carbocycles. The molecule has 294 valence electrons. The van der Waals surface area contributed by atoms with E-state index in [1.165, 1.54) is 173 Å². The molecule has 0 aliphatic rings. The lowest BCUT2D eigenvalue weighted by Crippen LogP contribution is -3.00. The summed E-state index contributed by atoms with van der Waals surface area (Å²) in [5.41, 5.74) is 0. The van der Waals surface area contributed by atoms with Crippen LogP contribution in [-0.2, 0) is 14.3 Å². The summed E-state index contributed by atoms with van der Waals surface area (Å²) < 4.78 is 6.14. The summed E-state index contributed by atoms with van der Waals surface area (Å²) in [4.78, 5) is 24.6. The number of quaternary nitrogens is 1. The predicted octanol–water partition coefficient (Wildman–Crippen LogP) is 9.64. The number of halogens is 1. The molecule has 0 bridgehead atoms. The normalized spacial score (nSPS) is 11.4. The Bertz CT molecular complexity index is 688. The van der Waals surface area contributed by atoms with Crippen molar-refractivity contribution in [1.29, 1.82) is 0 Å². The third-order valence-corrected chi connectivity index (χ3v) is 10.1. The first-order chi connectivity index (χ1) is 23.4. The van der Waals surface area contributed by atoms with E-state index in [-0.39, 0.29) is 24.3 Å². The largest absolute Gasteiger partial charge is 1.00 e. The molecule has 5 nitrogen and oxygen atoms in total. The Kier molecular flexibility index (Phi) is 41.0. The second kappa shape index (κ2) is 40.0. The topological polar surface area (TPSA) is 55.4 Å². The number of nitrogens with zero attached hydrogens (tertiary/aromatic N) is 1. The highest BCUT2D eigenvalue weighted by atomic mass is 35.5. The Morgan fingerprint density at radius 3 is 1.16 bits per heavy atom. The molecule has 0 aliphatic heterocycles. The van der Waals surface area contributed by atoms with Gasteiger partial charge in [0.25, 0.3) is 0 Å². The molecule has 0 aromatic heterocycles. The van der Waals surface area contributed by atoms with Crippen molar-refractivity contribution in [3.63, 3.8) is 0 Å². The number of ether oxygens (including phenoxy) is 1. The number of carbonyl (C=O) groups excluding carboxylic acids is 2. The van der Waals surface area contributed by atoms with Gasteiger partial charge in [0.05, 0.1) is 27.2 Å². The van der Waals surface area contributed by atoms with Gasteiger partial charge in [-0.1, -0.05) is 200 Å². The van der Waals surface area contributed by atoms with Gasteiger partial charge in [0, 0.05) is 19.4 Å². The third-order valence-electron chi connectivity index (χ3n) is 10.1. The van der Waals surface area contributed by atoms with Gasteiger partial charge in [-0.15, -0.1) is 0 Å². The van der Waals surface area contributed by atoms with Crippen LogP contribution in [-0.4, -0.2) is 56.7 Å². The minimum Gasteiger partial charge on any atom is -1.00 e. The fourth-order valence-electron chi connectivity index (χ4n) is 6.79. The van der Waals surface area contributed by atoms with Gasteiger partial charge in [0.1, 0.15) is 0 Å². The maximum Gasteiger partial charge on any atom is 0.361 e. The van der Waals surface area contributed by atoms with Crippen molar-refractivity contribution in [1.82, 2.24) is 5.32 Å². The fourth-order valence-corrected chi connectivity index (χ4v) is 6.79. The molecule has 0 heterocycles. The van der Waals surface area contributed by atoms with Crippen LogP contribution in [0.15, 0.2) is 0 Å². The Labute approximate surface area is 313 Å². The molecule has 49 heavy (non-hydrogen) atoms. The van der Waals surface area contributed by atoms with Crippen LogP contribution in [0.25, 0.3) is 0 Å². The van der Waals surface area contributed by atoms with Crippen molar-refractivity contribution in [3.8, 4) is 0 Å². The van der Waals surface area contributed by atoms with E-state index in [4.69, 9.17) is 4.74 Å². The number of hydrogen-bond donors (Lipinski definition) is 1. The van der Waals surface area contributed by atoms with Gasteiger partial charge in [-0.3, -0.25) is 4.79 Å². The van der Waals surface area contributed by atoms with Crippen LogP contribution >= 0.6 is 0 Å². The van der Waals surface area contributed by atoms with E-state index in [1.807, 2.05) is 0 Å². The van der Waals surface area contributed by atoms with E-state index in [9.17, 15) is 9.59 Å². The summed E-state index contributed by atoms with van der Waals surface area (Å²) in [6.07, 6.45) is 43.2. The van der Waals surface area contributed by atoms with E-state index in [0.717, 1.165) is 38.6 Å². The molecule has 0 rings (SSSR count). The number of nitrogens with one attached hydrogen (secondary N) is 1. The number of esters is 1. The van der Waals surface area contributed by atoms with Crippen molar-refractivity contribution in [2.24, 2.45) is 0 Å². The quantitative estimate of drug-likeness (QED) is 0.0392.